The Morgan fingerprint density at radius 3 is 2.58 bits per heavy atom. The van der Waals surface area contributed by atoms with Gasteiger partial charge in [0.15, 0.2) is 0 Å². The smallest absolute Gasteiger partial charge is 0.304 e. The summed E-state index contributed by atoms with van der Waals surface area (Å²) in [5, 5.41) is 9.68. The van der Waals surface area contributed by atoms with Crippen molar-refractivity contribution in [1.29, 1.82) is 0 Å². The Hall–Kier alpha value is -1.22. The second-order valence-corrected chi connectivity index (χ2v) is 6.21. The van der Waals surface area contributed by atoms with Crippen molar-refractivity contribution in [2.45, 2.75) is 44.4 Å². The Balaban J connectivity index is 2.42. The summed E-state index contributed by atoms with van der Waals surface area (Å²) in [6, 6.07) is 3.82. The van der Waals surface area contributed by atoms with E-state index in [1.807, 2.05) is 26.0 Å². The fourth-order valence-electron chi connectivity index (χ4n) is 2.40. The Kier molecular flexibility index (Phi) is 3.77. The Bertz CT molecular complexity index is 504. The monoisotopic (exact) mass is 282 g/mol. The highest BCUT2D eigenvalue weighted by molar-refractivity contribution is 6.31. The lowest BCUT2D eigenvalue weighted by molar-refractivity contribution is -0.138. The van der Waals surface area contributed by atoms with Crippen LogP contribution in [-0.4, -0.2) is 18.2 Å². The van der Waals surface area contributed by atoms with Crippen LogP contribution in [0.4, 0.5) is 0 Å². The van der Waals surface area contributed by atoms with Crippen molar-refractivity contribution in [3.63, 3.8) is 0 Å². The molecule has 0 radical (unpaired) electrons. The van der Waals surface area contributed by atoms with Gasteiger partial charge in [-0.15, -0.1) is 0 Å². The lowest BCUT2D eigenvalue weighted by Crippen LogP contribution is -2.22. The predicted molar refractivity (Wildman–Crippen MR) is 75.3 cm³/mol. The van der Waals surface area contributed by atoms with Gasteiger partial charge < -0.3 is 9.84 Å². The molecule has 19 heavy (non-hydrogen) atoms. The van der Waals surface area contributed by atoms with Crippen molar-refractivity contribution in [2.24, 2.45) is 0 Å². The van der Waals surface area contributed by atoms with Gasteiger partial charge in [0.05, 0.1) is 13.5 Å². The van der Waals surface area contributed by atoms with E-state index in [2.05, 4.69) is 0 Å². The largest absolute Gasteiger partial charge is 0.496 e. The highest BCUT2D eigenvalue weighted by atomic mass is 35.5. The fraction of sp³-hybridized carbons (Fsp3) is 0.533. The maximum Gasteiger partial charge on any atom is 0.304 e. The van der Waals surface area contributed by atoms with Crippen LogP contribution in [0.2, 0.25) is 5.02 Å². The number of carboxylic acids is 1. The molecule has 0 heterocycles. The van der Waals surface area contributed by atoms with E-state index >= 15 is 0 Å². The number of aliphatic carboxylic acids is 1. The first-order chi connectivity index (χ1) is 8.85. The average molecular weight is 283 g/mol. The zero-order valence-corrected chi connectivity index (χ0v) is 12.3. The van der Waals surface area contributed by atoms with E-state index in [-0.39, 0.29) is 6.42 Å². The molecule has 1 aliphatic rings. The molecule has 0 aromatic heterocycles. The molecule has 1 aliphatic carbocycles. The lowest BCUT2D eigenvalue weighted by atomic mass is 9.81. The maximum absolute atomic E-state index is 10.9. The van der Waals surface area contributed by atoms with E-state index in [1.54, 1.807) is 7.11 Å². The molecule has 1 N–H and O–H groups in total. The molecule has 104 valence electrons. The van der Waals surface area contributed by atoms with Crippen molar-refractivity contribution < 1.29 is 14.6 Å². The molecule has 0 aliphatic heterocycles. The normalized spacial score (nSPS) is 15.4. The summed E-state index contributed by atoms with van der Waals surface area (Å²) >= 11 is 6.36. The number of hydrogen-bond donors (Lipinski definition) is 1. The number of carbonyl (C=O) groups is 1. The van der Waals surface area contributed by atoms with Gasteiger partial charge in [0.1, 0.15) is 5.75 Å². The van der Waals surface area contributed by atoms with E-state index in [9.17, 15) is 4.79 Å². The third-order valence-electron chi connectivity index (χ3n) is 3.67. The predicted octanol–water partition coefficient (Wildman–Crippen LogP) is 3.98. The first-order valence-corrected chi connectivity index (χ1v) is 6.82. The minimum absolute atomic E-state index is 0.0647. The van der Waals surface area contributed by atoms with Crippen molar-refractivity contribution in [3.8, 4) is 5.75 Å². The molecular weight excluding hydrogens is 264 g/mol. The Morgan fingerprint density at radius 1 is 1.47 bits per heavy atom. The molecule has 1 saturated carbocycles. The Labute approximate surface area is 118 Å². The standard InChI is InChI=1S/C15H19ClO3/c1-15(2,8-13(17)18)10-6-11(16)14(9-4-5-9)12(7-10)19-3/h6-7,9H,4-5,8H2,1-3H3,(H,17,18). The van der Waals surface area contributed by atoms with Crippen LogP contribution in [0.15, 0.2) is 12.1 Å². The molecular formula is C15H19ClO3. The molecule has 1 aromatic carbocycles. The van der Waals surface area contributed by atoms with Gasteiger partial charge >= 0.3 is 5.97 Å². The average Bonchev–Trinajstić information content (AvgIpc) is 3.10. The van der Waals surface area contributed by atoms with Gasteiger partial charge in [0.25, 0.3) is 0 Å². The number of methoxy groups -OCH3 is 1. The van der Waals surface area contributed by atoms with E-state index in [1.165, 1.54) is 0 Å². The number of rotatable bonds is 5. The van der Waals surface area contributed by atoms with Gasteiger partial charge in [-0.2, -0.15) is 0 Å². The summed E-state index contributed by atoms with van der Waals surface area (Å²) in [4.78, 5) is 10.9. The van der Waals surface area contributed by atoms with E-state index < -0.39 is 11.4 Å². The van der Waals surface area contributed by atoms with Crippen LogP contribution < -0.4 is 4.74 Å². The number of benzene rings is 1. The molecule has 3 nitrogen and oxygen atoms in total. The molecule has 4 heteroatoms. The third-order valence-corrected chi connectivity index (χ3v) is 3.98. The second-order valence-electron chi connectivity index (χ2n) is 5.80. The van der Waals surface area contributed by atoms with Crippen LogP contribution in [0.3, 0.4) is 0 Å². The molecule has 1 fully saturated rings. The third kappa shape index (κ3) is 3.03. The van der Waals surface area contributed by atoms with Crippen molar-refractivity contribution in [1.82, 2.24) is 0 Å². The number of hydrogen-bond acceptors (Lipinski definition) is 2. The van der Waals surface area contributed by atoms with Crippen LogP contribution in [0, 0.1) is 0 Å². The van der Waals surface area contributed by atoms with Crippen molar-refractivity contribution in [3.05, 3.63) is 28.3 Å². The SMILES string of the molecule is COc1cc(C(C)(C)CC(=O)O)cc(Cl)c1C1CC1. The summed E-state index contributed by atoms with van der Waals surface area (Å²) in [7, 11) is 1.63. The molecule has 1 aromatic rings. The van der Waals surface area contributed by atoms with Crippen LogP contribution in [-0.2, 0) is 10.2 Å². The fourth-order valence-corrected chi connectivity index (χ4v) is 2.77. The van der Waals surface area contributed by atoms with Gasteiger partial charge in [0.2, 0.25) is 0 Å². The number of ether oxygens (including phenoxy) is 1. The lowest BCUT2D eigenvalue weighted by Gasteiger charge is -2.25. The van der Waals surface area contributed by atoms with Crippen molar-refractivity contribution in [2.75, 3.05) is 7.11 Å². The van der Waals surface area contributed by atoms with Crippen LogP contribution in [0.25, 0.3) is 0 Å². The van der Waals surface area contributed by atoms with Crippen LogP contribution >= 0.6 is 11.6 Å². The summed E-state index contributed by atoms with van der Waals surface area (Å²) < 4.78 is 5.44. The minimum atomic E-state index is -0.814. The Morgan fingerprint density at radius 2 is 2.11 bits per heavy atom. The highest BCUT2D eigenvalue weighted by Gasteiger charge is 2.32. The number of carboxylic acid groups (broad SMARTS) is 1. The van der Waals surface area contributed by atoms with Gasteiger partial charge in [-0.3, -0.25) is 4.79 Å². The summed E-state index contributed by atoms with van der Waals surface area (Å²) in [6.07, 6.45) is 2.36. The summed E-state index contributed by atoms with van der Waals surface area (Å²) in [5.41, 5.74) is 1.50. The van der Waals surface area contributed by atoms with Crippen LogP contribution in [0.5, 0.6) is 5.75 Å². The quantitative estimate of drug-likeness (QED) is 0.888. The van der Waals surface area contributed by atoms with Crippen LogP contribution in [0.1, 0.15) is 50.2 Å². The molecule has 0 atom stereocenters. The zero-order chi connectivity index (χ0) is 14.2. The first-order valence-electron chi connectivity index (χ1n) is 6.45. The second kappa shape index (κ2) is 5.04. The first kappa shape index (κ1) is 14.2. The van der Waals surface area contributed by atoms with Gasteiger partial charge in [-0.05, 0) is 36.5 Å². The van der Waals surface area contributed by atoms with Gasteiger partial charge in [-0.25, -0.2) is 0 Å². The van der Waals surface area contributed by atoms with Crippen molar-refractivity contribution >= 4 is 17.6 Å². The number of halogens is 1. The highest BCUT2D eigenvalue weighted by Crippen LogP contribution is 2.49. The van der Waals surface area contributed by atoms with Gasteiger partial charge in [0, 0.05) is 16.0 Å². The molecule has 2 rings (SSSR count). The molecule has 0 saturated heterocycles. The molecule has 0 bridgehead atoms. The molecule has 0 amide bonds. The minimum Gasteiger partial charge on any atom is -0.496 e. The molecule has 0 spiro atoms. The summed E-state index contributed by atoms with van der Waals surface area (Å²) in [6.45, 7) is 3.81. The summed E-state index contributed by atoms with van der Waals surface area (Å²) in [5.74, 6) is 0.467. The zero-order valence-electron chi connectivity index (χ0n) is 11.5. The van der Waals surface area contributed by atoms with E-state index in [0.717, 1.165) is 29.7 Å². The molecule has 0 unspecified atom stereocenters. The van der Waals surface area contributed by atoms with Gasteiger partial charge in [-0.1, -0.05) is 25.4 Å². The van der Waals surface area contributed by atoms with E-state index in [4.69, 9.17) is 21.4 Å². The maximum atomic E-state index is 10.9. The topological polar surface area (TPSA) is 46.5 Å². The van der Waals surface area contributed by atoms with E-state index in [0.29, 0.717) is 10.9 Å².